The number of nitrogens with one attached hydrogen (secondary N) is 1. The summed E-state index contributed by atoms with van der Waals surface area (Å²) in [6, 6.07) is 15.6. The van der Waals surface area contributed by atoms with Crippen molar-refractivity contribution in [3.05, 3.63) is 64.1 Å². The lowest BCUT2D eigenvalue weighted by molar-refractivity contribution is -0.126. The number of carbonyl (C=O) groups excluding carboxylic acids is 2. The number of aryl methyl sites for hydroxylation is 1. The van der Waals surface area contributed by atoms with Crippen LogP contribution in [0.3, 0.4) is 0 Å². The zero-order valence-corrected chi connectivity index (χ0v) is 15.0. The second-order valence-corrected chi connectivity index (χ2v) is 7.00. The molecule has 3 rings (SSSR count). The van der Waals surface area contributed by atoms with Gasteiger partial charge in [0.05, 0.1) is 5.92 Å². The van der Waals surface area contributed by atoms with Crippen LogP contribution in [0.1, 0.15) is 17.5 Å². The van der Waals surface area contributed by atoms with Crippen LogP contribution in [0.15, 0.2) is 53.0 Å². The lowest BCUT2D eigenvalue weighted by Crippen LogP contribution is -2.32. The standard InChI is InChI=1S/C19H19BrN2O2/c1-13-5-7-17(8-6-13)22-12-15(10-18(22)23)19(24)21-11-14-3-2-4-16(20)9-14/h2-9,15H,10-12H2,1H3,(H,21,24). The van der Waals surface area contributed by atoms with E-state index in [1.54, 1.807) is 4.90 Å². The Morgan fingerprint density at radius 1 is 1.25 bits per heavy atom. The van der Waals surface area contributed by atoms with Crippen LogP contribution >= 0.6 is 15.9 Å². The molecule has 0 radical (unpaired) electrons. The number of benzene rings is 2. The first-order valence-electron chi connectivity index (χ1n) is 7.92. The molecule has 2 amide bonds. The van der Waals surface area contributed by atoms with E-state index < -0.39 is 0 Å². The van der Waals surface area contributed by atoms with E-state index in [0.29, 0.717) is 13.1 Å². The molecule has 1 saturated heterocycles. The van der Waals surface area contributed by atoms with Gasteiger partial charge in [-0.25, -0.2) is 0 Å². The molecule has 1 fully saturated rings. The van der Waals surface area contributed by atoms with Crippen molar-refractivity contribution in [3.8, 4) is 0 Å². The summed E-state index contributed by atoms with van der Waals surface area (Å²) in [6.45, 7) is 2.91. The minimum absolute atomic E-state index is 0.00135. The van der Waals surface area contributed by atoms with Crippen molar-refractivity contribution in [2.45, 2.75) is 19.9 Å². The van der Waals surface area contributed by atoms with Crippen LogP contribution < -0.4 is 10.2 Å². The largest absolute Gasteiger partial charge is 0.352 e. The third-order valence-electron chi connectivity index (χ3n) is 4.20. The highest BCUT2D eigenvalue weighted by Gasteiger charge is 2.34. The molecule has 24 heavy (non-hydrogen) atoms. The van der Waals surface area contributed by atoms with E-state index in [4.69, 9.17) is 0 Å². The number of hydrogen-bond acceptors (Lipinski definition) is 2. The maximum absolute atomic E-state index is 12.4. The summed E-state index contributed by atoms with van der Waals surface area (Å²) in [5.74, 6) is -0.370. The van der Waals surface area contributed by atoms with E-state index in [1.165, 1.54) is 0 Å². The zero-order chi connectivity index (χ0) is 17.1. The van der Waals surface area contributed by atoms with Crippen LogP contribution in [-0.2, 0) is 16.1 Å². The van der Waals surface area contributed by atoms with Crippen molar-refractivity contribution < 1.29 is 9.59 Å². The number of amides is 2. The van der Waals surface area contributed by atoms with Gasteiger partial charge in [0, 0.05) is 29.7 Å². The van der Waals surface area contributed by atoms with E-state index >= 15 is 0 Å². The van der Waals surface area contributed by atoms with Crippen molar-refractivity contribution in [2.75, 3.05) is 11.4 Å². The first-order chi connectivity index (χ1) is 11.5. The molecule has 1 heterocycles. The molecule has 0 saturated carbocycles. The monoisotopic (exact) mass is 386 g/mol. The van der Waals surface area contributed by atoms with Crippen LogP contribution in [0, 0.1) is 12.8 Å². The molecule has 5 heteroatoms. The van der Waals surface area contributed by atoms with E-state index in [-0.39, 0.29) is 24.2 Å². The quantitative estimate of drug-likeness (QED) is 0.874. The number of nitrogens with zero attached hydrogens (tertiary/aromatic N) is 1. The average Bonchev–Trinajstić information content (AvgIpc) is 2.95. The smallest absolute Gasteiger partial charge is 0.227 e. The molecule has 1 aliphatic rings. The Hall–Kier alpha value is -2.14. The zero-order valence-electron chi connectivity index (χ0n) is 13.5. The fourth-order valence-corrected chi connectivity index (χ4v) is 3.28. The molecule has 4 nitrogen and oxygen atoms in total. The van der Waals surface area contributed by atoms with Gasteiger partial charge in [0.25, 0.3) is 0 Å². The Morgan fingerprint density at radius 3 is 2.71 bits per heavy atom. The molecule has 2 aromatic rings. The van der Waals surface area contributed by atoms with Gasteiger partial charge in [-0.05, 0) is 36.8 Å². The molecule has 2 aromatic carbocycles. The van der Waals surface area contributed by atoms with Crippen LogP contribution in [0.25, 0.3) is 0 Å². The highest BCUT2D eigenvalue weighted by molar-refractivity contribution is 9.10. The summed E-state index contributed by atoms with van der Waals surface area (Å²) >= 11 is 3.42. The van der Waals surface area contributed by atoms with Crippen molar-refractivity contribution in [2.24, 2.45) is 5.92 Å². The lowest BCUT2D eigenvalue weighted by Gasteiger charge is -2.17. The summed E-state index contributed by atoms with van der Waals surface area (Å²) < 4.78 is 0.982. The minimum Gasteiger partial charge on any atom is -0.352 e. The molecule has 1 atom stereocenters. The van der Waals surface area contributed by atoms with E-state index in [1.807, 2.05) is 55.5 Å². The van der Waals surface area contributed by atoms with E-state index in [0.717, 1.165) is 21.3 Å². The number of hydrogen-bond donors (Lipinski definition) is 1. The first-order valence-corrected chi connectivity index (χ1v) is 8.71. The summed E-state index contributed by atoms with van der Waals surface area (Å²) in [5.41, 5.74) is 3.03. The Bertz CT molecular complexity index is 758. The summed E-state index contributed by atoms with van der Waals surface area (Å²) in [6.07, 6.45) is 0.262. The van der Waals surface area contributed by atoms with Gasteiger partial charge in [0.15, 0.2) is 0 Å². The number of carbonyl (C=O) groups is 2. The van der Waals surface area contributed by atoms with Gasteiger partial charge in [0.1, 0.15) is 0 Å². The Labute approximate surface area is 150 Å². The second kappa shape index (κ2) is 7.18. The number of halogens is 1. The Kier molecular flexibility index (Phi) is 5.00. The molecule has 0 bridgehead atoms. The minimum atomic E-state index is -0.300. The summed E-state index contributed by atoms with van der Waals surface area (Å²) in [4.78, 5) is 26.3. The molecule has 1 unspecified atom stereocenters. The SMILES string of the molecule is Cc1ccc(N2CC(C(=O)NCc3cccc(Br)c3)CC2=O)cc1. The summed E-state index contributed by atoms with van der Waals surface area (Å²) in [5, 5.41) is 2.93. The van der Waals surface area contributed by atoms with Crippen molar-refractivity contribution >= 4 is 33.4 Å². The topological polar surface area (TPSA) is 49.4 Å². The Balaban J connectivity index is 1.60. The van der Waals surface area contributed by atoms with Crippen LogP contribution in [0.5, 0.6) is 0 Å². The highest BCUT2D eigenvalue weighted by Crippen LogP contribution is 2.25. The first kappa shape index (κ1) is 16.7. The van der Waals surface area contributed by atoms with Gasteiger partial charge in [-0.15, -0.1) is 0 Å². The maximum atomic E-state index is 12.4. The van der Waals surface area contributed by atoms with Crippen LogP contribution in [0.2, 0.25) is 0 Å². The molecular formula is C19H19BrN2O2. The molecule has 0 aliphatic carbocycles. The number of rotatable bonds is 4. The average molecular weight is 387 g/mol. The summed E-state index contributed by atoms with van der Waals surface area (Å²) in [7, 11) is 0. The highest BCUT2D eigenvalue weighted by atomic mass is 79.9. The molecular weight excluding hydrogens is 368 g/mol. The maximum Gasteiger partial charge on any atom is 0.227 e. The van der Waals surface area contributed by atoms with E-state index in [2.05, 4.69) is 21.2 Å². The molecule has 0 aromatic heterocycles. The van der Waals surface area contributed by atoms with Gasteiger partial charge < -0.3 is 10.2 Å². The van der Waals surface area contributed by atoms with Gasteiger partial charge in [0.2, 0.25) is 11.8 Å². The normalized spacial score (nSPS) is 17.2. The van der Waals surface area contributed by atoms with Crippen LogP contribution in [0.4, 0.5) is 5.69 Å². The van der Waals surface area contributed by atoms with E-state index in [9.17, 15) is 9.59 Å². The molecule has 124 valence electrons. The molecule has 1 aliphatic heterocycles. The molecule has 1 N–H and O–H groups in total. The van der Waals surface area contributed by atoms with Crippen molar-refractivity contribution in [1.82, 2.24) is 5.32 Å². The second-order valence-electron chi connectivity index (χ2n) is 6.09. The predicted octanol–water partition coefficient (Wildman–Crippen LogP) is 3.43. The van der Waals surface area contributed by atoms with Gasteiger partial charge in [-0.1, -0.05) is 45.8 Å². The third-order valence-corrected chi connectivity index (χ3v) is 4.69. The Morgan fingerprint density at radius 2 is 2.00 bits per heavy atom. The number of anilines is 1. The van der Waals surface area contributed by atoms with Crippen molar-refractivity contribution in [1.29, 1.82) is 0 Å². The lowest BCUT2D eigenvalue weighted by atomic mass is 10.1. The van der Waals surface area contributed by atoms with Gasteiger partial charge in [-0.3, -0.25) is 9.59 Å². The van der Waals surface area contributed by atoms with Gasteiger partial charge in [-0.2, -0.15) is 0 Å². The fourth-order valence-electron chi connectivity index (χ4n) is 2.84. The van der Waals surface area contributed by atoms with Crippen molar-refractivity contribution in [3.63, 3.8) is 0 Å². The third kappa shape index (κ3) is 3.85. The predicted molar refractivity (Wildman–Crippen MR) is 97.6 cm³/mol. The van der Waals surface area contributed by atoms with Crippen LogP contribution in [-0.4, -0.2) is 18.4 Å². The molecule has 0 spiro atoms. The van der Waals surface area contributed by atoms with Gasteiger partial charge >= 0.3 is 0 Å². The fraction of sp³-hybridized carbons (Fsp3) is 0.263.